The first-order valence-electron chi connectivity index (χ1n) is 9.92. The highest BCUT2D eigenvalue weighted by atomic mass is 32.2. The second-order valence-electron chi connectivity index (χ2n) is 7.57. The zero-order valence-electron chi connectivity index (χ0n) is 17.1. The van der Waals surface area contributed by atoms with Gasteiger partial charge in [0.15, 0.2) is 15.5 Å². The van der Waals surface area contributed by atoms with Crippen LogP contribution >= 0.6 is 0 Å². The molecule has 5 aromatic rings. The van der Waals surface area contributed by atoms with E-state index in [1.807, 2.05) is 42.5 Å². The Morgan fingerprint density at radius 1 is 1.03 bits per heavy atom. The number of hydrogen-bond donors (Lipinski definition) is 1. The molecule has 0 bridgehead atoms. The zero-order chi connectivity index (χ0) is 22.3. The summed E-state index contributed by atoms with van der Waals surface area (Å²) >= 11 is 0. The van der Waals surface area contributed by atoms with E-state index in [4.69, 9.17) is 4.42 Å². The van der Waals surface area contributed by atoms with Gasteiger partial charge in [-0.15, -0.1) is 0 Å². The number of hydrogen-bond acceptors (Lipinski definition) is 5. The molecule has 0 spiro atoms. The summed E-state index contributed by atoms with van der Waals surface area (Å²) in [6, 6.07) is 21.5. The Labute approximate surface area is 184 Å². The number of sulfone groups is 1. The predicted octanol–water partition coefficient (Wildman–Crippen LogP) is 4.49. The second-order valence-corrected chi connectivity index (χ2v) is 9.58. The molecule has 160 valence electrons. The predicted molar refractivity (Wildman–Crippen MR) is 123 cm³/mol. The van der Waals surface area contributed by atoms with Crippen LogP contribution in [0.4, 0.5) is 5.69 Å². The lowest BCUT2D eigenvalue weighted by Crippen LogP contribution is -2.13. The van der Waals surface area contributed by atoms with Crippen LogP contribution in [0.25, 0.3) is 21.9 Å². The molecule has 0 aliphatic carbocycles. The van der Waals surface area contributed by atoms with Gasteiger partial charge in [0.1, 0.15) is 5.58 Å². The van der Waals surface area contributed by atoms with Gasteiger partial charge in [0, 0.05) is 22.7 Å². The van der Waals surface area contributed by atoms with Crippen LogP contribution in [0, 0.1) is 0 Å². The van der Waals surface area contributed by atoms with Crippen molar-refractivity contribution < 1.29 is 17.6 Å². The molecule has 3 aromatic carbocycles. The Balaban J connectivity index is 1.46. The van der Waals surface area contributed by atoms with Crippen molar-refractivity contribution >= 4 is 43.3 Å². The van der Waals surface area contributed by atoms with Crippen molar-refractivity contribution in [2.75, 3.05) is 11.6 Å². The van der Waals surface area contributed by atoms with Gasteiger partial charge >= 0.3 is 0 Å². The van der Waals surface area contributed by atoms with E-state index in [1.165, 1.54) is 6.26 Å². The van der Waals surface area contributed by atoms with Gasteiger partial charge in [0.2, 0.25) is 0 Å². The number of para-hydroxylation sites is 1. The van der Waals surface area contributed by atoms with E-state index in [0.29, 0.717) is 17.9 Å². The summed E-state index contributed by atoms with van der Waals surface area (Å²) in [6.45, 7) is 0.402. The maximum atomic E-state index is 13.0. The molecule has 7 nitrogen and oxygen atoms in total. The number of furan rings is 1. The van der Waals surface area contributed by atoms with Crippen LogP contribution in [0.1, 0.15) is 16.1 Å². The lowest BCUT2D eigenvalue weighted by molar-refractivity contribution is 0.102. The number of aromatic nitrogens is 2. The molecule has 2 heterocycles. The third kappa shape index (κ3) is 3.76. The first kappa shape index (κ1) is 20.0. The SMILES string of the molecule is CS(=O)(=O)c1ccc(Cn2nc(C(=O)Nc3ccc4occc4c3)c3ccccc32)cc1. The van der Waals surface area contributed by atoms with Gasteiger partial charge in [-0.3, -0.25) is 9.48 Å². The maximum absolute atomic E-state index is 13.0. The minimum Gasteiger partial charge on any atom is -0.464 e. The van der Waals surface area contributed by atoms with Crippen molar-refractivity contribution in [1.29, 1.82) is 0 Å². The van der Waals surface area contributed by atoms with Crippen LogP contribution in [0.2, 0.25) is 0 Å². The molecule has 0 fully saturated rings. The summed E-state index contributed by atoms with van der Waals surface area (Å²) in [4.78, 5) is 13.3. The highest BCUT2D eigenvalue weighted by Crippen LogP contribution is 2.23. The van der Waals surface area contributed by atoms with Crippen molar-refractivity contribution in [3.05, 3.63) is 90.3 Å². The molecule has 2 aromatic heterocycles. The van der Waals surface area contributed by atoms with Gasteiger partial charge in [0.05, 0.1) is 23.2 Å². The topological polar surface area (TPSA) is 94.2 Å². The van der Waals surface area contributed by atoms with Crippen molar-refractivity contribution in [2.24, 2.45) is 0 Å². The monoisotopic (exact) mass is 445 g/mol. The first-order chi connectivity index (χ1) is 15.4. The fraction of sp³-hybridized carbons (Fsp3) is 0.0833. The molecule has 5 rings (SSSR count). The number of nitrogens with zero attached hydrogens (tertiary/aromatic N) is 2. The Kier molecular flexibility index (Phi) is 4.79. The van der Waals surface area contributed by atoms with Gasteiger partial charge < -0.3 is 9.73 Å². The lowest BCUT2D eigenvalue weighted by Gasteiger charge is -2.05. The molecule has 0 unspecified atom stereocenters. The van der Waals surface area contributed by atoms with Crippen LogP contribution in [0.15, 0.2) is 88.4 Å². The number of benzene rings is 3. The fourth-order valence-electron chi connectivity index (χ4n) is 3.67. The average molecular weight is 446 g/mol. The third-order valence-corrected chi connectivity index (χ3v) is 6.40. The van der Waals surface area contributed by atoms with Crippen LogP contribution in [-0.2, 0) is 16.4 Å². The summed E-state index contributed by atoms with van der Waals surface area (Å²) in [5.41, 5.74) is 3.41. The molecular weight excluding hydrogens is 426 g/mol. The van der Waals surface area contributed by atoms with Gasteiger partial charge in [-0.05, 0) is 48.0 Å². The van der Waals surface area contributed by atoms with E-state index >= 15 is 0 Å². The van der Waals surface area contributed by atoms with E-state index in [0.717, 1.165) is 27.4 Å². The van der Waals surface area contributed by atoms with Gasteiger partial charge in [0.25, 0.3) is 5.91 Å². The van der Waals surface area contributed by atoms with E-state index in [-0.39, 0.29) is 10.8 Å². The van der Waals surface area contributed by atoms with E-state index in [1.54, 1.807) is 41.3 Å². The molecule has 8 heteroatoms. The van der Waals surface area contributed by atoms with Crippen LogP contribution in [0.5, 0.6) is 0 Å². The Hall–Kier alpha value is -3.91. The average Bonchev–Trinajstić information content (AvgIpc) is 3.38. The van der Waals surface area contributed by atoms with Crippen molar-refractivity contribution in [1.82, 2.24) is 9.78 Å². The molecule has 0 radical (unpaired) electrons. The number of anilines is 1. The molecule has 1 N–H and O–H groups in total. The second kappa shape index (κ2) is 7.65. The lowest BCUT2D eigenvalue weighted by atomic mass is 10.2. The van der Waals surface area contributed by atoms with Crippen LogP contribution in [-0.4, -0.2) is 30.4 Å². The molecular formula is C24H19N3O4S. The molecule has 0 saturated heterocycles. The summed E-state index contributed by atoms with van der Waals surface area (Å²) in [5.74, 6) is -0.310. The van der Waals surface area contributed by atoms with Crippen LogP contribution < -0.4 is 5.32 Å². The number of fused-ring (bicyclic) bond motifs is 2. The van der Waals surface area contributed by atoms with Gasteiger partial charge in [-0.1, -0.05) is 30.3 Å². The first-order valence-corrected chi connectivity index (χ1v) is 11.8. The number of amides is 1. The van der Waals surface area contributed by atoms with Gasteiger partial charge in [-0.2, -0.15) is 5.10 Å². The molecule has 0 aliphatic rings. The van der Waals surface area contributed by atoms with E-state index in [9.17, 15) is 13.2 Å². The van der Waals surface area contributed by atoms with Crippen molar-refractivity contribution in [2.45, 2.75) is 11.4 Å². The fourth-order valence-corrected chi connectivity index (χ4v) is 4.30. The third-order valence-electron chi connectivity index (χ3n) is 5.27. The molecule has 32 heavy (non-hydrogen) atoms. The van der Waals surface area contributed by atoms with E-state index in [2.05, 4.69) is 10.4 Å². The standard InChI is InChI=1S/C24H19N3O4S/c1-32(29,30)19-9-6-16(7-10-19)15-27-21-5-3-2-4-20(21)23(26-27)24(28)25-18-8-11-22-17(14-18)12-13-31-22/h2-14H,15H2,1H3,(H,25,28). The Morgan fingerprint density at radius 2 is 1.81 bits per heavy atom. The van der Waals surface area contributed by atoms with Crippen molar-refractivity contribution in [3.8, 4) is 0 Å². The Bertz CT molecular complexity index is 1560. The molecule has 1 amide bonds. The number of nitrogens with one attached hydrogen (secondary N) is 1. The quantitative estimate of drug-likeness (QED) is 0.430. The number of rotatable bonds is 5. The summed E-state index contributed by atoms with van der Waals surface area (Å²) in [6.07, 6.45) is 2.78. The molecule has 0 saturated carbocycles. The minimum absolute atomic E-state index is 0.265. The normalized spacial score (nSPS) is 11.8. The highest BCUT2D eigenvalue weighted by Gasteiger charge is 2.18. The highest BCUT2D eigenvalue weighted by molar-refractivity contribution is 7.90. The molecule has 0 aliphatic heterocycles. The summed E-state index contributed by atoms with van der Waals surface area (Å²) in [5, 5.41) is 9.12. The minimum atomic E-state index is -3.26. The summed E-state index contributed by atoms with van der Waals surface area (Å²) in [7, 11) is -3.26. The maximum Gasteiger partial charge on any atom is 0.276 e. The molecule has 0 atom stereocenters. The number of carbonyl (C=O) groups excluding carboxylic acids is 1. The largest absolute Gasteiger partial charge is 0.464 e. The summed E-state index contributed by atoms with van der Waals surface area (Å²) < 4.78 is 30.5. The zero-order valence-corrected chi connectivity index (χ0v) is 18.0. The van der Waals surface area contributed by atoms with Crippen LogP contribution in [0.3, 0.4) is 0 Å². The van der Waals surface area contributed by atoms with E-state index < -0.39 is 9.84 Å². The van der Waals surface area contributed by atoms with Crippen molar-refractivity contribution in [3.63, 3.8) is 0 Å². The number of carbonyl (C=O) groups is 1. The van der Waals surface area contributed by atoms with Gasteiger partial charge in [-0.25, -0.2) is 8.42 Å². The smallest absolute Gasteiger partial charge is 0.276 e. The Morgan fingerprint density at radius 3 is 2.59 bits per heavy atom.